The molecule has 0 aromatic heterocycles. The predicted octanol–water partition coefficient (Wildman–Crippen LogP) is 3.82. The fourth-order valence-electron chi connectivity index (χ4n) is 3.80. The minimum absolute atomic E-state index is 0.187. The summed E-state index contributed by atoms with van der Waals surface area (Å²) < 4.78 is 0. The molecule has 0 fully saturated rings. The van der Waals surface area contributed by atoms with Gasteiger partial charge in [0.1, 0.15) is 6.17 Å². The lowest BCUT2D eigenvalue weighted by Gasteiger charge is -2.35. The number of aliphatic imine (C=N–C) groups is 1. The highest BCUT2D eigenvalue weighted by molar-refractivity contribution is 6.00. The van der Waals surface area contributed by atoms with Gasteiger partial charge in [-0.1, -0.05) is 51.1 Å². The van der Waals surface area contributed by atoms with Gasteiger partial charge in [0.2, 0.25) is 0 Å². The van der Waals surface area contributed by atoms with E-state index in [9.17, 15) is 0 Å². The number of amidine groups is 1. The number of rotatable bonds is 8. The maximum absolute atomic E-state index is 5.11. The summed E-state index contributed by atoms with van der Waals surface area (Å²) in [6, 6.07) is 10.8. The van der Waals surface area contributed by atoms with E-state index in [1.807, 2.05) is 0 Å². The monoisotopic (exact) mass is 340 g/mol. The quantitative estimate of drug-likeness (QED) is 0.780. The Morgan fingerprint density at radius 3 is 2.56 bits per heavy atom. The van der Waals surface area contributed by atoms with E-state index in [2.05, 4.69) is 72.4 Å². The van der Waals surface area contributed by atoms with E-state index in [4.69, 9.17) is 4.99 Å². The van der Waals surface area contributed by atoms with Crippen LogP contribution in [-0.4, -0.2) is 41.6 Å². The highest BCUT2D eigenvalue weighted by atomic mass is 15.4. The first-order valence-corrected chi connectivity index (χ1v) is 9.84. The number of fused-ring (bicyclic) bond motifs is 1. The van der Waals surface area contributed by atoms with Gasteiger partial charge >= 0.3 is 0 Å². The summed E-state index contributed by atoms with van der Waals surface area (Å²) in [6.45, 7) is 9.90. The van der Waals surface area contributed by atoms with E-state index in [0.29, 0.717) is 5.92 Å². The van der Waals surface area contributed by atoms with Gasteiger partial charge in [-0.25, -0.2) is 4.99 Å². The van der Waals surface area contributed by atoms with Gasteiger partial charge in [0.05, 0.1) is 12.4 Å². The second-order valence-electron chi connectivity index (χ2n) is 7.16. The van der Waals surface area contributed by atoms with Crippen molar-refractivity contribution in [2.75, 3.05) is 19.8 Å². The molecule has 3 rings (SSSR count). The Hall–Kier alpha value is -1.97. The average molecular weight is 341 g/mol. The Bertz CT molecular complexity index is 608. The molecule has 1 N–H and O–H groups in total. The summed E-state index contributed by atoms with van der Waals surface area (Å²) >= 11 is 0. The Labute approximate surface area is 152 Å². The molecule has 0 bridgehead atoms. The summed E-state index contributed by atoms with van der Waals surface area (Å²) in [5.74, 6) is 1.69. The maximum Gasteiger partial charge on any atom is 0.152 e. The van der Waals surface area contributed by atoms with Gasteiger partial charge in [-0.3, -0.25) is 0 Å². The van der Waals surface area contributed by atoms with Crippen LogP contribution < -0.4 is 5.32 Å². The van der Waals surface area contributed by atoms with Crippen molar-refractivity contribution in [2.24, 2.45) is 10.9 Å². The number of hydrogen-bond donors (Lipinski definition) is 1. The molecule has 0 saturated carbocycles. The molecule has 1 aromatic rings. The lowest BCUT2D eigenvalue weighted by molar-refractivity contribution is 0.235. The van der Waals surface area contributed by atoms with Crippen LogP contribution in [0.1, 0.15) is 45.6 Å². The van der Waals surface area contributed by atoms with Crippen molar-refractivity contribution in [1.82, 2.24) is 15.1 Å². The van der Waals surface area contributed by atoms with Crippen LogP contribution >= 0.6 is 0 Å². The van der Waals surface area contributed by atoms with Crippen LogP contribution in [0.4, 0.5) is 0 Å². The normalized spacial score (nSPS) is 20.7. The van der Waals surface area contributed by atoms with Crippen molar-refractivity contribution < 1.29 is 0 Å². The van der Waals surface area contributed by atoms with Crippen molar-refractivity contribution in [3.05, 3.63) is 47.8 Å². The third-order valence-electron chi connectivity index (χ3n) is 5.09. The van der Waals surface area contributed by atoms with Gasteiger partial charge in [-0.05, 0) is 31.2 Å². The number of hydrogen-bond acceptors (Lipinski definition) is 4. The molecule has 4 nitrogen and oxygen atoms in total. The molecule has 2 aliphatic heterocycles. The summed E-state index contributed by atoms with van der Waals surface area (Å²) in [5, 5.41) is 3.72. The molecule has 0 saturated heterocycles. The van der Waals surface area contributed by atoms with Crippen LogP contribution in [0.3, 0.4) is 0 Å². The Morgan fingerprint density at radius 2 is 1.88 bits per heavy atom. The Morgan fingerprint density at radius 1 is 1.12 bits per heavy atom. The van der Waals surface area contributed by atoms with Crippen LogP contribution in [0.25, 0.3) is 0 Å². The summed E-state index contributed by atoms with van der Waals surface area (Å²) in [7, 11) is 0. The van der Waals surface area contributed by atoms with Crippen LogP contribution in [-0.2, 0) is 6.42 Å². The third-order valence-corrected chi connectivity index (χ3v) is 5.09. The van der Waals surface area contributed by atoms with Gasteiger partial charge in [0, 0.05) is 25.2 Å². The van der Waals surface area contributed by atoms with Crippen molar-refractivity contribution in [1.29, 1.82) is 0 Å². The highest BCUT2D eigenvalue weighted by Gasteiger charge is 2.33. The van der Waals surface area contributed by atoms with E-state index in [1.165, 1.54) is 23.5 Å². The lowest BCUT2D eigenvalue weighted by Crippen LogP contribution is -2.45. The van der Waals surface area contributed by atoms with Gasteiger partial charge in [-0.2, -0.15) is 0 Å². The molecule has 25 heavy (non-hydrogen) atoms. The van der Waals surface area contributed by atoms with Gasteiger partial charge < -0.3 is 15.1 Å². The molecule has 0 amide bonds. The van der Waals surface area contributed by atoms with Crippen LogP contribution in [0.2, 0.25) is 0 Å². The predicted molar refractivity (Wildman–Crippen MR) is 105 cm³/mol. The van der Waals surface area contributed by atoms with Crippen molar-refractivity contribution in [3.63, 3.8) is 0 Å². The zero-order chi connectivity index (χ0) is 17.6. The topological polar surface area (TPSA) is 30.9 Å². The highest BCUT2D eigenvalue weighted by Crippen LogP contribution is 2.26. The average Bonchev–Trinajstić information content (AvgIpc) is 3.05. The SMILES string of the molecule is CCCN1C=C2NC(C(CC)Cc3ccccc3)N=C2N(CCC)C1. The molecule has 0 spiro atoms. The molecule has 0 aliphatic carbocycles. The molecule has 0 radical (unpaired) electrons. The first-order chi connectivity index (χ1) is 12.2. The number of nitrogens with zero attached hydrogens (tertiary/aromatic N) is 3. The third kappa shape index (κ3) is 4.17. The van der Waals surface area contributed by atoms with Crippen molar-refractivity contribution >= 4 is 5.84 Å². The summed E-state index contributed by atoms with van der Waals surface area (Å²) in [4.78, 5) is 9.96. The summed E-state index contributed by atoms with van der Waals surface area (Å²) in [5.41, 5.74) is 2.61. The second-order valence-corrected chi connectivity index (χ2v) is 7.16. The van der Waals surface area contributed by atoms with E-state index in [-0.39, 0.29) is 6.17 Å². The molecule has 2 heterocycles. The minimum Gasteiger partial charge on any atom is -0.359 e. The van der Waals surface area contributed by atoms with Crippen molar-refractivity contribution in [3.8, 4) is 0 Å². The van der Waals surface area contributed by atoms with Gasteiger partial charge in [0.25, 0.3) is 0 Å². The zero-order valence-electron chi connectivity index (χ0n) is 15.9. The smallest absolute Gasteiger partial charge is 0.152 e. The van der Waals surface area contributed by atoms with E-state index < -0.39 is 0 Å². The van der Waals surface area contributed by atoms with Crippen LogP contribution in [0, 0.1) is 5.92 Å². The molecular formula is C21H32N4. The maximum atomic E-state index is 5.11. The molecule has 1 aromatic carbocycles. The summed E-state index contributed by atoms with van der Waals surface area (Å²) in [6.07, 6.45) is 6.99. The largest absolute Gasteiger partial charge is 0.359 e. The Balaban J connectivity index is 1.77. The van der Waals surface area contributed by atoms with Gasteiger partial charge in [-0.15, -0.1) is 0 Å². The Kier molecular flexibility index (Phi) is 6.00. The molecular weight excluding hydrogens is 308 g/mol. The fraction of sp³-hybridized carbons (Fsp3) is 0.571. The molecule has 4 heteroatoms. The molecule has 2 atom stereocenters. The minimum atomic E-state index is 0.187. The fourth-order valence-corrected chi connectivity index (χ4v) is 3.80. The zero-order valence-corrected chi connectivity index (χ0v) is 15.9. The van der Waals surface area contributed by atoms with Crippen LogP contribution in [0.15, 0.2) is 47.2 Å². The van der Waals surface area contributed by atoms with Crippen molar-refractivity contribution in [2.45, 2.75) is 52.6 Å². The first kappa shape index (κ1) is 17.8. The van der Waals surface area contributed by atoms with E-state index in [1.54, 1.807) is 0 Å². The molecule has 2 aliphatic rings. The number of nitrogens with one attached hydrogen (secondary N) is 1. The van der Waals surface area contributed by atoms with E-state index in [0.717, 1.165) is 39.0 Å². The van der Waals surface area contributed by atoms with Crippen LogP contribution in [0.5, 0.6) is 0 Å². The lowest BCUT2D eigenvalue weighted by atomic mass is 9.94. The first-order valence-electron chi connectivity index (χ1n) is 9.84. The van der Waals surface area contributed by atoms with Gasteiger partial charge in [0.15, 0.2) is 5.84 Å². The second kappa shape index (κ2) is 8.41. The molecule has 136 valence electrons. The van der Waals surface area contributed by atoms with E-state index >= 15 is 0 Å². The molecule has 2 unspecified atom stereocenters. The number of benzene rings is 1. The standard InChI is InChI=1S/C21H32N4/c1-4-12-24-15-19-21(25(16-24)13-5-2)23-20(22-19)18(6-3)14-17-10-8-7-9-11-17/h7-11,15,18,20,22H,4-6,12-14,16H2,1-3H3.